The number of hydrogen-bond donors (Lipinski definition) is 2. The molecule has 0 atom stereocenters. The van der Waals surface area contributed by atoms with Gasteiger partial charge in [0.2, 0.25) is 5.91 Å². The van der Waals surface area contributed by atoms with Crippen molar-refractivity contribution in [1.82, 2.24) is 5.32 Å². The minimum Gasteiger partial charge on any atom is -0.463 e. The molecule has 0 heterocycles. The second kappa shape index (κ2) is 6.36. The maximum absolute atomic E-state index is 10.9. The second-order valence-electron chi connectivity index (χ2n) is 1.99. The first-order valence-corrected chi connectivity index (χ1v) is 3.34. The van der Waals surface area contributed by atoms with E-state index in [2.05, 4.69) is 16.6 Å². The third-order valence-electron chi connectivity index (χ3n) is 1.04. The van der Waals surface area contributed by atoms with E-state index in [1.54, 1.807) is 0 Å². The summed E-state index contributed by atoms with van der Waals surface area (Å²) in [6.07, 6.45) is 0. The fraction of sp³-hybridized carbons (Fsp3) is 0.429. The van der Waals surface area contributed by atoms with Crippen molar-refractivity contribution in [2.45, 2.75) is 0 Å². The van der Waals surface area contributed by atoms with E-state index in [-0.39, 0.29) is 31.8 Å². The molecule has 0 aromatic rings. The fourth-order valence-electron chi connectivity index (χ4n) is 0.495. The van der Waals surface area contributed by atoms with Crippen LogP contribution in [-0.4, -0.2) is 37.2 Å². The van der Waals surface area contributed by atoms with Gasteiger partial charge in [0.15, 0.2) is 0 Å². The van der Waals surface area contributed by atoms with Crippen LogP contribution in [0.4, 0.5) is 0 Å². The Balaban J connectivity index is 3.61. The molecule has 0 aromatic carbocycles. The molecule has 1 amide bonds. The van der Waals surface area contributed by atoms with Crippen LogP contribution in [0.5, 0.6) is 0 Å². The van der Waals surface area contributed by atoms with Crippen molar-refractivity contribution in [2.24, 2.45) is 0 Å². The zero-order chi connectivity index (χ0) is 9.40. The van der Waals surface area contributed by atoms with E-state index in [1.807, 2.05) is 0 Å². The average Bonchev–Trinajstić information content (AvgIpc) is 2.10. The zero-order valence-corrected chi connectivity index (χ0v) is 6.58. The summed E-state index contributed by atoms with van der Waals surface area (Å²) >= 11 is 0. The molecule has 0 radical (unpaired) electrons. The molecular weight excluding hydrogens is 162 g/mol. The smallest absolute Gasteiger partial charge is 0.293 e. The fourth-order valence-corrected chi connectivity index (χ4v) is 0.495. The van der Waals surface area contributed by atoms with Gasteiger partial charge in [-0.05, 0) is 0 Å². The predicted octanol–water partition coefficient (Wildman–Crippen LogP) is -1.18. The minimum absolute atomic E-state index is 0.124. The summed E-state index contributed by atoms with van der Waals surface area (Å²) in [6.45, 7) is 3.52. The van der Waals surface area contributed by atoms with Crippen LogP contribution in [0.15, 0.2) is 12.2 Å². The van der Waals surface area contributed by atoms with Gasteiger partial charge in [0.25, 0.3) is 6.47 Å². The predicted molar refractivity (Wildman–Crippen MR) is 41.3 cm³/mol. The van der Waals surface area contributed by atoms with Crippen LogP contribution >= 0.6 is 0 Å². The second-order valence-corrected chi connectivity index (χ2v) is 1.99. The number of nitrogens with one attached hydrogen (secondary N) is 1. The van der Waals surface area contributed by atoms with Crippen molar-refractivity contribution in [3.8, 4) is 0 Å². The molecule has 0 unspecified atom stereocenters. The third-order valence-corrected chi connectivity index (χ3v) is 1.04. The van der Waals surface area contributed by atoms with Crippen molar-refractivity contribution >= 4 is 12.4 Å². The molecule has 0 spiro atoms. The lowest BCUT2D eigenvalue weighted by Gasteiger charge is -2.04. The highest BCUT2D eigenvalue weighted by atomic mass is 16.5. The van der Waals surface area contributed by atoms with Gasteiger partial charge in [-0.2, -0.15) is 0 Å². The van der Waals surface area contributed by atoms with Gasteiger partial charge in [0.05, 0.1) is 6.61 Å². The van der Waals surface area contributed by atoms with E-state index in [9.17, 15) is 9.59 Å². The molecule has 0 saturated carbocycles. The molecule has 0 aliphatic heterocycles. The minimum atomic E-state index is -0.425. The Morgan fingerprint density at radius 1 is 1.67 bits per heavy atom. The van der Waals surface area contributed by atoms with Crippen LogP contribution < -0.4 is 5.32 Å². The summed E-state index contributed by atoms with van der Waals surface area (Å²) < 4.78 is 4.29. The number of aliphatic hydroxyl groups excluding tert-OH is 1. The highest BCUT2D eigenvalue weighted by molar-refractivity contribution is 5.93. The lowest BCUT2D eigenvalue weighted by atomic mass is 10.3. The van der Waals surface area contributed by atoms with Crippen LogP contribution in [-0.2, 0) is 14.3 Å². The molecule has 0 rings (SSSR count). The summed E-state index contributed by atoms with van der Waals surface area (Å²) in [7, 11) is 0. The first-order chi connectivity index (χ1) is 5.72. The van der Waals surface area contributed by atoms with Crippen molar-refractivity contribution in [3.05, 3.63) is 12.2 Å². The van der Waals surface area contributed by atoms with Crippen LogP contribution in [0.3, 0.4) is 0 Å². The molecule has 12 heavy (non-hydrogen) atoms. The molecule has 0 aromatic heterocycles. The summed E-state index contributed by atoms with van der Waals surface area (Å²) in [5.41, 5.74) is 0.149. The number of amides is 1. The van der Waals surface area contributed by atoms with E-state index in [0.29, 0.717) is 0 Å². The third kappa shape index (κ3) is 4.45. The lowest BCUT2D eigenvalue weighted by molar-refractivity contribution is -0.128. The molecule has 5 heteroatoms. The summed E-state index contributed by atoms with van der Waals surface area (Å²) in [6, 6.07) is 0. The number of carbonyl (C=O) groups excluding carboxylic acids is 2. The Hall–Kier alpha value is -1.36. The molecule has 68 valence electrons. The Morgan fingerprint density at radius 2 is 2.33 bits per heavy atom. The molecule has 2 N–H and O–H groups in total. The van der Waals surface area contributed by atoms with E-state index >= 15 is 0 Å². The van der Waals surface area contributed by atoms with Gasteiger partial charge in [0.1, 0.15) is 6.61 Å². The number of carbonyl (C=O) groups is 2. The van der Waals surface area contributed by atoms with Crippen molar-refractivity contribution in [2.75, 3.05) is 19.8 Å². The highest BCUT2D eigenvalue weighted by Crippen LogP contribution is 1.89. The largest absolute Gasteiger partial charge is 0.463 e. The molecule has 0 aliphatic rings. The topological polar surface area (TPSA) is 75.6 Å². The number of aliphatic hydroxyl groups is 1. The van der Waals surface area contributed by atoms with E-state index in [0.717, 1.165) is 0 Å². The molecule has 0 saturated heterocycles. The van der Waals surface area contributed by atoms with E-state index < -0.39 is 5.91 Å². The monoisotopic (exact) mass is 173 g/mol. The highest BCUT2D eigenvalue weighted by Gasteiger charge is 2.05. The number of rotatable bonds is 6. The van der Waals surface area contributed by atoms with E-state index in [1.165, 1.54) is 0 Å². The maximum atomic E-state index is 10.9. The van der Waals surface area contributed by atoms with Crippen LogP contribution in [0.1, 0.15) is 0 Å². The SMILES string of the molecule is C=C(COC=O)C(=O)NCCO. The Bertz CT molecular complexity index is 178. The average molecular weight is 173 g/mol. The van der Waals surface area contributed by atoms with E-state index in [4.69, 9.17) is 5.11 Å². The molecule has 5 nitrogen and oxygen atoms in total. The van der Waals surface area contributed by atoms with Crippen LogP contribution in [0.25, 0.3) is 0 Å². The van der Waals surface area contributed by atoms with Crippen molar-refractivity contribution in [3.63, 3.8) is 0 Å². The van der Waals surface area contributed by atoms with Crippen LogP contribution in [0, 0.1) is 0 Å². The van der Waals surface area contributed by atoms with Gasteiger partial charge in [0, 0.05) is 12.1 Å². The van der Waals surface area contributed by atoms with Gasteiger partial charge in [-0.1, -0.05) is 6.58 Å². The molecular formula is C7H11NO4. The Labute approximate surface area is 70.0 Å². The zero-order valence-electron chi connectivity index (χ0n) is 6.58. The summed E-state index contributed by atoms with van der Waals surface area (Å²) in [5.74, 6) is -0.425. The quantitative estimate of drug-likeness (QED) is 0.392. The molecule has 0 fully saturated rings. The van der Waals surface area contributed by atoms with Gasteiger partial charge < -0.3 is 15.2 Å². The molecule has 0 aliphatic carbocycles. The first kappa shape index (κ1) is 10.6. The first-order valence-electron chi connectivity index (χ1n) is 3.34. The van der Waals surface area contributed by atoms with Gasteiger partial charge in [-0.3, -0.25) is 9.59 Å². The van der Waals surface area contributed by atoms with Crippen LogP contribution in [0.2, 0.25) is 0 Å². The Kier molecular flexibility index (Phi) is 5.64. The van der Waals surface area contributed by atoms with Gasteiger partial charge in [-0.25, -0.2) is 0 Å². The van der Waals surface area contributed by atoms with Crippen molar-refractivity contribution in [1.29, 1.82) is 0 Å². The number of hydrogen-bond acceptors (Lipinski definition) is 4. The number of ether oxygens (including phenoxy) is 1. The molecule has 0 bridgehead atoms. The van der Waals surface area contributed by atoms with Gasteiger partial charge >= 0.3 is 0 Å². The van der Waals surface area contributed by atoms with Crippen molar-refractivity contribution < 1.29 is 19.4 Å². The summed E-state index contributed by atoms with van der Waals surface area (Å²) in [5, 5.41) is 10.7. The van der Waals surface area contributed by atoms with Gasteiger partial charge in [-0.15, -0.1) is 0 Å². The lowest BCUT2D eigenvalue weighted by Crippen LogP contribution is -2.28. The normalized spacial score (nSPS) is 8.75. The standard InChI is InChI=1S/C7H11NO4/c1-6(4-12-5-10)7(11)8-2-3-9/h5,9H,1-4H2,(H,8,11). The maximum Gasteiger partial charge on any atom is 0.293 e. The Morgan fingerprint density at radius 3 is 2.83 bits per heavy atom. The summed E-state index contributed by atoms with van der Waals surface area (Å²) in [4.78, 5) is 20.6.